The third-order valence-corrected chi connectivity index (χ3v) is 9.15. The molecule has 0 saturated carbocycles. The van der Waals surface area contributed by atoms with E-state index in [1.165, 1.54) is 0 Å². The molecule has 1 heterocycles. The van der Waals surface area contributed by atoms with Crippen LogP contribution >= 0.6 is 11.6 Å². The maximum atomic E-state index is 6.37. The van der Waals surface area contributed by atoms with Crippen LogP contribution in [0.25, 0.3) is 0 Å². The van der Waals surface area contributed by atoms with Crippen LogP contribution in [0.3, 0.4) is 0 Å². The standard InChI is InChI=1S/C16H25ClO3Si/c1-15(2,3)21(16(4,5)6)18-11-14(20-21)19-13-9-7-12(17)8-10-13/h7-10,14H,11H2,1-6H3. The fraction of sp³-hybridized carbons (Fsp3) is 0.625. The summed E-state index contributed by atoms with van der Waals surface area (Å²) >= 11 is 5.89. The van der Waals surface area contributed by atoms with Crippen LogP contribution in [0.1, 0.15) is 41.5 Å². The predicted molar refractivity (Wildman–Crippen MR) is 88.1 cm³/mol. The van der Waals surface area contributed by atoms with E-state index in [9.17, 15) is 0 Å². The van der Waals surface area contributed by atoms with Crippen LogP contribution in [0.15, 0.2) is 24.3 Å². The molecule has 0 spiro atoms. The lowest BCUT2D eigenvalue weighted by atomic mass is 10.2. The first kappa shape index (κ1) is 16.8. The van der Waals surface area contributed by atoms with Crippen molar-refractivity contribution in [3.8, 4) is 5.75 Å². The molecule has 1 aromatic rings. The first-order valence-corrected chi connectivity index (χ1v) is 9.49. The van der Waals surface area contributed by atoms with Crippen LogP contribution in [-0.4, -0.2) is 21.5 Å². The Balaban J connectivity index is 2.16. The van der Waals surface area contributed by atoms with Gasteiger partial charge in [-0.25, -0.2) is 0 Å². The summed E-state index contributed by atoms with van der Waals surface area (Å²) in [6, 6.07) is 7.32. The van der Waals surface area contributed by atoms with E-state index in [1.54, 1.807) is 0 Å². The minimum Gasteiger partial charge on any atom is -0.463 e. The number of hydrogen-bond donors (Lipinski definition) is 0. The van der Waals surface area contributed by atoms with Gasteiger partial charge in [-0.3, -0.25) is 0 Å². The van der Waals surface area contributed by atoms with Crippen LogP contribution in [-0.2, 0) is 8.85 Å². The van der Waals surface area contributed by atoms with Gasteiger partial charge in [0, 0.05) is 15.1 Å². The molecule has 0 bridgehead atoms. The van der Waals surface area contributed by atoms with Gasteiger partial charge < -0.3 is 13.6 Å². The quantitative estimate of drug-likeness (QED) is 0.704. The Morgan fingerprint density at radius 3 is 2.00 bits per heavy atom. The van der Waals surface area contributed by atoms with Crippen molar-refractivity contribution in [2.24, 2.45) is 0 Å². The Hall–Kier alpha value is -0.553. The molecule has 1 aromatic carbocycles. The lowest BCUT2D eigenvalue weighted by Gasteiger charge is -2.45. The van der Waals surface area contributed by atoms with Gasteiger partial charge in [0.05, 0.1) is 6.61 Å². The van der Waals surface area contributed by atoms with Crippen LogP contribution in [0.2, 0.25) is 15.1 Å². The molecule has 5 heteroatoms. The van der Waals surface area contributed by atoms with E-state index in [0.29, 0.717) is 11.6 Å². The molecule has 21 heavy (non-hydrogen) atoms. The maximum Gasteiger partial charge on any atom is 0.352 e. The molecule has 1 unspecified atom stereocenters. The van der Waals surface area contributed by atoms with Crippen LogP contribution < -0.4 is 4.74 Å². The number of hydrogen-bond acceptors (Lipinski definition) is 3. The van der Waals surface area contributed by atoms with E-state index in [4.69, 9.17) is 25.2 Å². The molecule has 0 amide bonds. The number of ether oxygens (including phenoxy) is 1. The van der Waals surface area contributed by atoms with Gasteiger partial charge in [0.15, 0.2) is 0 Å². The van der Waals surface area contributed by atoms with Gasteiger partial charge in [0.1, 0.15) is 5.75 Å². The Labute approximate surface area is 133 Å². The summed E-state index contributed by atoms with van der Waals surface area (Å²) in [7, 11) is -2.41. The molecule has 2 rings (SSSR count). The zero-order chi connectivity index (χ0) is 15.9. The van der Waals surface area contributed by atoms with Crippen molar-refractivity contribution in [1.29, 1.82) is 0 Å². The highest BCUT2D eigenvalue weighted by Crippen LogP contribution is 2.54. The highest BCUT2D eigenvalue weighted by Gasteiger charge is 2.62. The van der Waals surface area contributed by atoms with Crippen LogP contribution in [0, 0.1) is 0 Å². The van der Waals surface area contributed by atoms with Crippen molar-refractivity contribution in [1.82, 2.24) is 0 Å². The van der Waals surface area contributed by atoms with Gasteiger partial charge in [-0.1, -0.05) is 53.1 Å². The van der Waals surface area contributed by atoms with Crippen molar-refractivity contribution < 1.29 is 13.6 Å². The van der Waals surface area contributed by atoms with Crippen molar-refractivity contribution in [3.63, 3.8) is 0 Å². The van der Waals surface area contributed by atoms with Crippen molar-refractivity contribution in [2.45, 2.75) is 57.9 Å². The largest absolute Gasteiger partial charge is 0.463 e. The van der Waals surface area contributed by atoms with Gasteiger partial charge in [0.2, 0.25) is 6.29 Å². The fourth-order valence-corrected chi connectivity index (χ4v) is 7.95. The molecular weight excluding hydrogens is 304 g/mol. The second-order valence-corrected chi connectivity index (χ2v) is 12.7. The molecule has 0 aliphatic carbocycles. The Kier molecular flexibility index (Phi) is 4.46. The summed E-state index contributed by atoms with van der Waals surface area (Å²) in [5, 5.41) is 0.645. The van der Waals surface area contributed by atoms with E-state index >= 15 is 0 Å². The predicted octanol–water partition coefficient (Wildman–Crippen LogP) is 5.13. The van der Waals surface area contributed by atoms with Gasteiger partial charge in [0.25, 0.3) is 0 Å². The summed E-state index contributed by atoms with van der Waals surface area (Å²) in [5.74, 6) is 0.751. The van der Waals surface area contributed by atoms with E-state index in [1.807, 2.05) is 24.3 Å². The van der Waals surface area contributed by atoms with Gasteiger partial charge in [-0.05, 0) is 24.3 Å². The Morgan fingerprint density at radius 2 is 1.57 bits per heavy atom. The average molecular weight is 329 g/mol. The van der Waals surface area contributed by atoms with Crippen LogP contribution in [0.5, 0.6) is 5.75 Å². The summed E-state index contributed by atoms with van der Waals surface area (Å²) in [6.07, 6.45) is -0.351. The monoisotopic (exact) mass is 328 g/mol. The van der Waals surface area contributed by atoms with Gasteiger partial charge in [-0.2, -0.15) is 0 Å². The van der Waals surface area contributed by atoms with Crippen molar-refractivity contribution >= 4 is 20.2 Å². The first-order valence-electron chi connectivity index (χ1n) is 7.29. The minimum absolute atomic E-state index is 0.0244. The molecule has 1 aliphatic heterocycles. The second kappa shape index (κ2) is 5.58. The zero-order valence-electron chi connectivity index (χ0n) is 13.7. The normalized spacial score (nSPS) is 22.3. The lowest BCUT2D eigenvalue weighted by molar-refractivity contribution is 0.0152. The molecular formula is C16H25ClO3Si. The Bertz CT molecular complexity index is 474. The summed E-state index contributed by atoms with van der Waals surface area (Å²) in [6.45, 7) is 13.6. The molecule has 1 fully saturated rings. The van der Waals surface area contributed by atoms with E-state index in [2.05, 4.69) is 41.5 Å². The molecule has 0 N–H and O–H groups in total. The number of benzene rings is 1. The first-order chi connectivity index (χ1) is 9.55. The smallest absolute Gasteiger partial charge is 0.352 e. The summed E-state index contributed by atoms with van der Waals surface area (Å²) in [4.78, 5) is 0. The lowest BCUT2D eigenvalue weighted by Crippen LogP contribution is -2.54. The van der Waals surface area contributed by atoms with Crippen molar-refractivity contribution in [3.05, 3.63) is 29.3 Å². The molecule has 0 radical (unpaired) electrons. The third kappa shape index (κ3) is 3.29. The molecule has 3 nitrogen and oxygen atoms in total. The maximum absolute atomic E-state index is 6.37. The van der Waals surface area contributed by atoms with Gasteiger partial charge >= 0.3 is 8.56 Å². The molecule has 0 aromatic heterocycles. The zero-order valence-corrected chi connectivity index (χ0v) is 15.5. The average Bonchev–Trinajstić information content (AvgIpc) is 2.76. The third-order valence-electron chi connectivity index (χ3n) is 3.78. The number of rotatable bonds is 2. The molecule has 1 atom stereocenters. The van der Waals surface area contributed by atoms with E-state index < -0.39 is 8.56 Å². The van der Waals surface area contributed by atoms with Gasteiger partial charge in [-0.15, -0.1) is 0 Å². The Morgan fingerprint density at radius 1 is 1.05 bits per heavy atom. The fourth-order valence-electron chi connectivity index (χ4n) is 3.07. The number of halogens is 1. The van der Waals surface area contributed by atoms with E-state index in [0.717, 1.165) is 5.75 Å². The highest BCUT2D eigenvalue weighted by atomic mass is 35.5. The topological polar surface area (TPSA) is 27.7 Å². The molecule has 118 valence electrons. The second-order valence-electron chi connectivity index (χ2n) is 7.55. The summed E-state index contributed by atoms with van der Waals surface area (Å²) < 4.78 is 18.5. The van der Waals surface area contributed by atoms with Crippen molar-refractivity contribution in [2.75, 3.05) is 6.61 Å². The molecule has 1 aliphatic rings. The highest BCUT2D eigenvalue weighted by molar-refractivity contribution is 6.73. The van der Waals surface area contributed by atoms with E-state index in [-0.39, 0.29) is 16.4 Å². The molecule has 1 saturated heterocycles. The summed E-state index contributed by atoms with van der Waals surface area (Å²) in [5.41, 5.74) is 0. The SMILES string of the molecule is CC(C)(C)[Si]1(C(C)(C)C)OCC(Oc2ccc(Cl)cc2)O1. The van der Waals surface area contributed by atoms with Crippen LogP contribution in [0.4, 0.5) is 0 Å². The minimum atomic E-state index is -2.41.